The Hall–Kier alpha value is -2.94. The number of hydrogen-bond acceptors (Lipinski definition) is 3. The van der Waals surface area contributed by atoms with Crippen LogP contribution in [0.4, 0.5) is 0 Å². The second-order valence-electron chi connectivity index (χ2n) is 5.53. The van der Waals surface area contributed by atoms with E-state index < -0.39 is 0 Å². The standard InChI is InChI=1S/C13H12O2.C8H10O/c14-12-5-1-10(2-6-12)9-11-3-7-13(15)8-4-11;1-2-7-3-5-8(9)6-4-7/h1-8,14-15H,9H2;3-6,9H,2H2,1H3. The van der Waals surface area contributed by atoms with Gasteiger partial charge in [0.15, 0.2) is 0 Å². The van der Waals surface area contributed by atoms with Crippen LogP contribution >= 0.6 is 0 Å². The lowest BCUT2D eigenvalue weighted by molar-refractivity contribution is 0.474. The lowest BCUT2D eigenvalue weighted by Gasteiger charge is -2.02. The summed E-state index contributed by atoms with van der Waals surface area (Å²) in [6.07, 6.45) is 1.83. The van der Waals surface area contributed by atoms with Gasteiger partial charge >= 0.3 is 0 Å². The van der Waals surface area contributed by atoms with Crippen molar-refractivity contribution in [2.75, 3.05) is 0 Å². The molecule has 3 aromatic carbocycles. The molecule has 0 unspecified atom stereocenters. The molecule has 0 bridgehead atoms. The van der Waals surface area contributed by atoms with E-state index in [1.54, 1.807) is 36.4 Å². The Morgan fingerprint density at radius 2 is 0.792 bits per heavy atom. The van der Waals surface area contributed by atoms with Gasteiger partial charge in [0, 0.05) is 0 Å². The maximum atomic E-state index is 9.13. The van der Waals surface area contributed by atoms with Crippen molar-refractivity contribution in [3.63, 3.8) is 0 Å². The molecule has 0 aromatic heterocycles. The molecule has 0 saturated heterocycles. The molecule has 0 atom stereocenters. The smallest absolute Gasteiger partial charge is 0.115 e. The topological polar surface area (TPSA) is 60.7 Å². The van der Waals surface area contributed by atoms with Gasteiger partial charge in [-0.3, -0.25) is 0 Å². The van der Waals surface area contributed by atoms with E-state index in [1.807, 2.05) is 36.4 Å². The van der Waals surface area contributed by atoms with E-state index in [4.69, 9.17) is 15.3 Å². The third kappa shape index (κ3) is 5.69. The molecule has 0 saturated carbocycles. The molecule has 0 spiro atoms. The molecule has 3 aromatic rings. The van der Waals surface area contributed by atoms with E-state index in [2.05, 4.69) is 6.92 Å². The number of phenols is 3. The van der Waals surface area contributed by atoms with Gasteiger partial charge in [0.25, 0.3) is 0 Å². The molecule has 0 aliphatic heterocycles. The van der Waals surface area contributed by atoms with Crippen LogP contribution < -0.4 is 0 Å². The maximum Gasteiger partial charge on any atom is 0.115 e. The highest BCUT2D eigenvalue weighted by molar-refractivity contribution is 5.33. The number of benzene rings is 3. The first-order valence-corrected chi connectivity index (χ1v) is 7.90. The second kappa shape index (κ2) is 8.63. The molecular formula is C21H22O3. The zero-order valence-electron chi connectivity index (χ0n) is 13.7. The SMILES string of the molecule is CCc1ccc(O)cc1.Oc1ccc(Cc2ccc(O)cc2)cc1. The second-order valence-corrected chi connectivity index (χ2v) is 5.53. The molecule has 0 aliphatic carbocycles. The average molecular weight is 322 g/mol. The summed E-state index contributed by atoms with van der Waals surface area (Å²) in [5.41, 5.74) is 3.53. The summed E-state index contributed by atoms with van der Waals surface area (Å²) in [7, 11) is 0. The molecule has 0 amide bonds. The Morgan fingerprint density at radius 1 is 0.500 bits per heavy atom. The number of hydrogen-bond donors (Lipinski definition) is 3. The van der Waals surface area contributed by atoms with Gasteiger partial charge in [0.05, 0.1) is 0 Å². The molecule has 3 nitrogen and oxygen atoms in total. The predicted molar refractivity (Wildman–Crippen MR) is 96.5 cm³/mol. The Morgan fingerprint density at radius 3 is 1.08 bits per heavy atom. The van der Waals surface area contributed by atoms with E-state index in [9.17, 15) is 0 Å². The number of rotatable bonds is 3. The summed E-state index contributed by atoms with van der Waals surface area (Å²) in [5.74, 6) is 0.904. The lowest BCUT2D eigenvalue weighted by Crippen LogP contribution is -1.86. The minimum Gasteiger partial charge on any atom is -0.508 e. The van der Waals surface area contributed by atoms with Crippen molar-refractivity contribution in [3.8, 4) is 17.2 Å². The third-order valence-electron chi connectivity index (χ3n) is 3.63. The van der Waals surface area contributed by atoms with Crippen LogP contribution in [0.1, 0.15) is 23.6 Å². The van der Waals surface area contributed by atoms with Gasteiger partial charge in [-0.25, -0.2) is 0 Å². The predicted octanol–water partition coefficient (Wildman–Crippen LogP) is 4.64. The fourth-order valence-corrected chi connectivity index (χ4v) is 2.19. The van der Waals surface area contributed by atoms with Crippen molar-refractivity contribution in [2.45, 2.75) is 19.8 Å². The third-order valence-corrected chi connectivity index (χ3v) is 3.63. The minimum atomic E-state index is 0.282. The van der Waals surface area contributed by atoms with Gasteiger partial charge in [-0.15, -0.1) is 0 Å². The van der Waals surface area contributed by atoms with Crippen LogP contribution in [0.3, 0.4) is 0 Å². The largest absolute Gasteiger partial charge is 0.508 e. The van der Waals surface area contributed by atoms with Crippen molar-refractivity contribution in [2.24, 2.45) is 0 Å². The summed E-state index contributed by atoms with van der Waals surface area (Å²) in [5, 5.41) is 27.1. The summed E-state index contributed by atoms with van der Waals surface area (Å²) < 4.78 is 0. The van der Waals surface area contributed by atoms with Crippen LogP contribution in [0, 0.1) is 0 Å². The molecule has 124 valence electrons. The first-order valence-electron chi connectivity index (χ1n) is 7.90. The quantitative estimate of drug-likeness (QED) is 0.658. The number of aryl methyl sites for hydroxylation is 1. The summed E-state index contributed by atoms with van der Waals surface area (Å²) in [6, 6.07) is 21.5. The molecule has 24 heavy (non-hydrogen) atoms. The minimum absolute atomic E-state index is 0.282. The van der Waals surface area contributed by atoms with Crippen LogP contribution in [0.25, 0.3) is 0 Å². The summed E-state index contributed by atoms with van der Waals surface area (Å²) in [4.78, 5) is 0. The van der Waals surface area contributed by atoms with Gasteiger partial charge in [-0.2, -0.15) is 0 Å². The van der Waals surface area contributed by atoms with E-state index in [0.29, 0.717) is 5.75 Å². The van der Waals surface area contributed by atoms with Crippen molar-refractivity contribution >= 4 is 0 Å². The first-order chi connectivity index (χ1) is 11.6. The Labute approximate surface area is 142 Å². The van der Waals surface area contributed by atoms with E-state index in [1.165, 1.54) is 5.56 Å². The van der Waals surface area contributed by atoms with Gasteiger partial charge < -0.3 is 15.3 Å². The van der Waals surface area contributed by atoms with Gasteiger partial charge in [-0.1, -0.05) is 43.3 Å². The molecule has 3 heteroatoms. The fourth-order valence-electron chi connectivity index (χ4n) is 2.19. The molecule has 0 heterocycles. The van der Waals surface area contributed by atoms with Crippen LogP contribution in [-0.2, 0) is 12.8 Å². The Kier molecular flexibility index (Phi) is 6.26. The van der Waals surface area contributed by atoms with Gasteiger partial charge in [-0.05, 0) is 65.9 Å². The van der Waals surface area contributed by atoms with Crippen LogP contribution in [0.15, 0.2) is 72.8 Å². The first kappa shape index (κ1) is 17.4. The Bertz CT molecular complexity index is 686. The highest BCUT2D eigenvalue weighted by Crippen LogP contribution is 2.16. The Balaban J connectivity index is 0.000000198. The zero-order chi connectivity index (χ0) is 17.4. The van der Waals surface area contributed by atoms with Crippen LogP contribution in [0.2, 0.25) is 0 Å². The van der Waals surface area contributed by atoms with E-state index in [0.717, 1.165) is 24.0 Å². The van der Waals surface area contributed by atoms with Crippen molar-refractivity contribution in [1.29, 1.82) is 0 Å². The lowest BCUT2D eigenvalue weighted by atomic mass is 10.1. The zero-order valence-corrected chi connectivity index (χ0v) is 13.7. The molecule has 0 aliphatic rings. The fraction of sp³-hybridized carbons (Fsp3) is 0.143. The average Bonchev–Trinajstić information content (AvgIpc) is 2.60. The maximum absolute atomic E-state index is 9.13. The van der Waals surface area contributed by atoms with Gasteiger partial charge in [0.2, 0.25) is 0 Å². The number of phenolic OH excluding ortho intramolecular Hbond substituents is 3. The molecule has 0 fully saturated rings. The molecular weight excluding hydrogens is 300 g/mol. The highest BCUT2D eigenvalue weighted by Gasteiger charge is 1.96. The molecule has 3 N–H and O–H groups in total. The summed E-state index contributed by atoms with van der Waals surface area (Å²) >= 11 is 0. The van der Waals surface area contributed by atoms with Crippen molar-refractivity contribution < 1.29 is 15.3 Å². The normalized spacial score (nSPS) is 9.88. The van der Waals surface area contributed by atoms with E-state index in [-0.39, 0.29) is 11.5 Å². The van der Waals surface area contributed by atoms with Crippen molar-refractivity contribution in [3.05, 3.63) is 89.5 Å². The van der Waals surface area contributed by atoms with Crippen LogP contribution in [0.5, 0.6) is 17.2 Å². The van der Waals surface area contributed by atoms with E-state index >= 15 is 0 Å². The van der Waals surface area contributed by atoms with Crippen molar-refractivity contribution in [1.82, 2.24) is 0 Å². The highest BCUT2D eigenvalue weighted by atomic mass is 16.3. The molecule has 0 radical (unpaired) electrons. The monoisotopic (exact) mass is 322 g/mol. The van der Waals surface area contributed by atoms with Crippen LogP contribution in [-0.4, -0.2) is 15.3 Å². The number of aromatic hydroxyl groups is 3. The molecule has 3 rings (SSSR count). The van der Waals surface area contributed by atoms with Gasteiger partial charge in [0.1, 0.15) is 17.2 Å². The summed E-state index contributed by atoms with van der Waals surface area (Å²) in [6.45, 7) is 2.09.